The van der Waals surface area contributed by atoms with Crippen molar-refractivity contribution in [2.45, 2.75) is 19.6 Å². The van der Waals surface area contributed by atoms with E-state index in [1.54, 1.807) is 29.2 Å². The molecule has 1 aliphatic heterocycles. The number of carbonyl (C=O) groups is 1. The van der Waals surface area contributed by atoms with E-state index in [2.05, 4.69) is 31.1 Å². The molecule has 0 bridgehead atoms. The number of nitrogens with zero attached hydrogens (tertiary/aromatic N) is 5. The zero-order valence-electron chi connectivity index (χ0n) is 17.8. The SMILES string of the molecule is CC1=C(C(=O)Nc2cccnc2)[C@H](c2ccccc2OCc2ccccc2)n2nnnc2N1. The molecule has 164 valence electrons. The second kappa shape index (κ2) is 8.91. The van der Waals surface area contributed by atoms with E-state index in [9.17, 15) is 4.79 Å². The van der Waals surface area contributed by atoms with Gasteiger partial charge in [0.1, 0.15) is 18.4 Å². The summed E-state index contributed by atoms with van der Waals surface area (Å²) in [5.74, 6) is 0.819. The van der Waals surface area contributed by atoms with E-state index in [0.29, 0.717) is 35.3 Å². The summed E-state index contributed by atoms with van der Waals surface area (Å²) in [6, 6.07) is 20.5. The number of benzene rings is 2. The molecule has 9 nitrogen and oxygen atoms in total. The van der Waals surface area contributed by atoms with E-state index < -0.39 is 6.04 Å². The summed E-state index contributed by atoms with van der Waals surface area (Å²) < 4.78 is 7.78. The standard InChI is InChI=1S/C24H21N7O2/c1-16-21(23(32)27-18-10-7-13-25-14-18)22(31-24(26-16)28-29-30-31)19-11-5-6-12-20(19)33-15-17-8-3-2-4-9-17/h2-14,22H,15H2,1H3,(H,27,32)(H,26,28,30)/t22-/m0/s1. The summed E-state index contributed by atoms with van der Waals surface area (Å²) in [7, 11) is 0. The van der Waals surface area contributed by atoms with Gasteiger partial charge in [-0.15, -0.1) is 0 Å². The number of hydrogen-bond acceptors (Lipinski definition) is 7. The van der Waals surface area contributed by atoms with Gasteiger partial charge in [-0.2, -0.15) is 4.68 Å². The molecule has 4 aromatic rings. The minimum atomic E-state index is -0.583. The first-order chi connectivity index (χ1) is 16.2. The van der Waals surface area contributed by atoms with Crippen LogP contribution in [0.15, 0.2) is 90.4 Å². The third kappa shape index (κ3) is 4.16. The minimum Gasteiger partial charge on any atom is -0.489 e. The third-order valence-electron chi connectivity index (χ3n) is 5.33. The van der Waals surface area contributed by atoms with Crippen LogP contribution in [-0.2, 0) is 11.4 Å². The molecule has 2 aromatic heterocycles. The molecule has 3 heterocycles. The lowest BCUT2D eigenvalue weighted by Crippen LogP contribution is -2.31. The number of nitrogens with one attached hydrogen (secondary N) is 2. The highest BCUT2D eigenvalue weighted by molar-refractivity contribution is 6.06. The summed E-state index contributed by atoms with van der Waals surface area (Å²) >= 11 is 0. The predicted molar refractivity (Wildman–Crippen MR) is 122 cm³/mol. The van der Waals surface area contributed by atoms with Crippen molar-refractivity contribution in [3.8, 4) is 5.75 Å². The van der Waals surface area contributed by atoms with E-state index in [0.717, 1.165) is 11.1 Å². The van der Waals surface area contributed by atoms with Gasteiger partial charge in [-0.3, -0.25) is 9.78 Å². The van der Waals surface area contributed by atoms with E-state index >= 15 is 0 Å². The van der Waals surface area contributed by atoms with Crippen molar-refractivity contribution >= 4 is 17.5 Å². The van der Waals surface area contributed by atoms with Gasteiger partial charge in [0.25, 0.3) is 5.91 Å². The number of allylic oxidation sites excluding steroid dienone is 1. The molecule has 0 spiro atoms. The molecular formula is C24H21N7O2. The molecule has 0 saturated heterocycles. The van der Waals surface area contributed by atoms with Crippen LogP contribution in [0, 0.1) is 0 Å². The number of tetrazole rings is 1. The van der Waals surface area contributed by atoms with Gasteiger partial charge in [-0.25, -0.2) is 0 Å². The van der Waals surface area contributed by atoms with Gasteiger partial charge in [0.15, 0.2) is 0 Å². The number of amides is 1. The van der Waals surface area contributed by atoms with Crippen molar-refractivity contribution in [3.05, 3.63) is 102 Å². The van der Waals surface area contributed by atoms with Crippen LogP contribution in [-0.4, -0.2) is 31.1 Å². The second-order valence-electron chi connectivity index (χ2n) is 7.52. The maximum absolute atomic E-state index is 13.4. The molecule has 1 aliphatic rings. The smallest absolute Gasteiger partial charge is 0.255 e. The molecule has 0 aliphatic carbocycles. The first-order valence-electron chi connectivity index (χ1n) is 10.4. The molecular weight excluding hydrogens is 418 g/mol. The highest BCUT2D eigenvalue weighted by Gasteiger charge is 2.35. The molecule has 1 atom stereocenters. The number of anilines is 2. The predicted octanol–water partition coefficient (Wildman–Crippen LogP) is 3.57. The average Bonchev–Trinajstić information content (AvgIpc) is 3.31. The molecule has 0 saturated carbocycles. The normalized spacial score (nSPS) is 14.9. The molecule has 2 N–H and O–H groups in total. The Bertz CT molecular complexity index is 1300. The summed E-state index contributed by atoms with van der Waals surface area (Å²) in [5, 5.41) is 18.1. The Kier molecular flexibility index (Phi) is 5.50. The number of carbonyl (C=O) groups excluding carboxylic acids is 1. The molecule has 1 amide bonds. The number of pyridine rings is 1. The lowest BCUT2D eigenvalue weighted by molar-refractivity contribution is -0.113. The van der Waals surface area contributed by atoms with E-state index in [4.69, 9.17) is 4.74 Å². The maximum atomic E-state index is 13.4. The maximum Gasteiger partial charge on any atom is 0.255 e. The number of rotatable bonds is 6. The van der Waals surface area contributed by atoms with Gasteiger partial charge in [0.2, 0.25) is 5.95 Å². The Morgan fingerprint density at radius 1 is 1.09 bits per heavy atom. The van der Waals surface area contributed by atoms with Crippen molar-refractivity contribution in [2.24, 2.45) is 0 Å². The second-order valence-corrected chi connectivity index (χ2v) is 7.52. The first kappa shape index (κ1) is 20.4. The first-order valence-corrected chi connectivity index (χ1v) is 10.4. The summed E-state index contributed by atoms with van der Waals surface area (Å²) in [5.41, 5.74) is 3.55. The minimum absolute atomic E-state index is 0.281. The number of para-hydroxylation sites is 1. The Balaban J connectivity index is 1.53. The van der Waals surface area contributed by atoms with Gasteiger partial charge < -0.3 is 15.4 Å². The van der Waals surface area contributed by atoms with E-state index in [1.165, 1.54) is 0 Å². The van der Waals surface area contributed by atoms with Crippen LogP contribution in [0.4, 0.5) is 11.6 Å². The lowest BCUT2D eigenvalue weighted by Gasteiger charge is -2.29. The molecule has 0 radical (unpaired) electrons. The molecule has 0 fully saturated rings. The van der Waals surface area contributed by atoms with Gasteiger partial charge in [-0.1, -0.05) is 53.6 Å². The monoisotopic (exact) mass is 439 g/mol. The van der Waals surface area contributed by atoms with Crippen LogP contribution < -0.4 is 15.4 Å². The molecule has 33 heavy (non-hydrogen) atoms. The number of hydrogen-bond donors (Lipinski definition) is 2. The van der Waals surface area contributed by atoms with Crippen LogP contribution in [0.3, 0.4) is 0 Å². The van der Waals surface area contributed by atoms with Gasteiger partial charge >= 0.3 is 0 Å². The van der Waals surface area contributed by atoms with E-state index in [1.807, 2.05) is 61.5 Å². The Hall–Kier alpha value is -4.53. The van der Waals surface area contributed by atoms with E-state index in [-0.39, 0.29) is 5.91 Å². The number of ether oxygens (including phenoxy) is 1. The zero-order chi connectivity index (χ0) is 22.6. The van der Waals surface area contributed by atoms with Crippen molar-refractivity contribution in [3.63, 3.8) is 0 Å². The average molecular weight is 439 g/mol. The number of fused-ring (bicyclic) bond motifs is 1. The molecule has 5 rings (SSSR count). The highest BCUT2D eigenvalue weighted by Crippen LogP contribution is 2.39. The number of aromatic nitrogens is 5. The molecule has 2 aromatic carbocycles. The zero-order valence-corrected chi connectivity index (χ0v) is 17.8. The van der Waals surface area contributed by atoms with Crippen LogP contribution in [0.1, 0.15) is 24.1 Å². The van der Waals surface area contributed by atoms with Crippen LogP contribution in [0.2, 0.25) is 0 Å². The van der Waals surface area contributed by atoms with Crippen molar-refractivity contribution in [1.82, 2.24) is 25.2 Å². The Morgan fingerprint density at radius 3 is 2.73 bits per heavy atom. The largest absolute Gasteiger partial charge is 0.489 e. The highest BCUT2D eigenvalue weighted by atomic mass is 16.5. The quantitative estimate of drug-likeness (QED) is 0.473. The summed E-state index contributed by atoms with van der Waals surface area (Å²) in [6.07, 6.45) is 3.25. The fourth-order valence-corrected chi connectivity index (χ4v) is 3.80. The summed E-state index contributed by atoms with van der Waals surface area (Å²) in [6.45, 7) is 2.22. The Labute approximate surface area is 190 Å². The van der Waals surface area contributed by atoms with Crippen LogP contribution in [0.25, 0.3) is 0 Å². The van der Waals surface area contributed by atoms with Crippen LogP contribution in [0.5, 0.6) is 5.75 Å². The van der Waals surface area contributed by atoms with Crippen molar-refractivity contribution in [1.29, 1.82) is 0 Å². The topological polar surface area (TPSA) is 107 Å². The molecule has 9 heteroatoms. The van der Waals surface area contributed by atoms with Gasteiger partial charge in [-0.05, 0) is 41.1 Å². The molecule has 0 unspecified atom stereocenters. The van der Waals surface area contributed by atoms with Gasteiger partial charge in [0, 0.05) is 17.5 Å². The van der Waals surface area contributed by atoms with Gasteiger partial charge in [0.05, 0.1) is 17.5 Å². The fourth-order valence-electron chi connectivity index (χ4n) is 3.80. The summed E-state index contributed by atoms with van der Waals surface area (Å²) in [4.78, 5) is 17.5. The van der Waals surface area contributed by atoms with Crippen LogP contribution >= 0.6 is 0 Å². The van der Waals surface area contributed by atoms with Crippen molar-refractivity contribution < 1.29 is 9.53 Å². The third-order valence-corrected chi connectivity index (χ3v) is 5.33. The van der Waals surface area contributed by atoms with Crippen molar-refractivity contribution in [2.75, 3.05) is 10.6 Å². The fraction of sp³-hybridized carbons (Fsp3) is 0.125. The lowest BCUT2D eigenvalue weighted by atomic mass is 9.94. The Morgan fingerprint density at radius 2 is 1.91 bits per heavy atom.